The molecule has 0 aromatic rings. The van der Waals surface area contributed by atoms with E-state index in [0.717, 1.165) is 0 Å². The average molecular weight is 180 g/mol. The van der Waals surface area contributed by atoms with E-state index in [4.69, 9.17) is 6.42 Å². The van der Waals surface area contributed by atoms with Crippen molar-refractivity contribution < 1.29 is 0 Å². The number of hydrogen-bond acceptors (Lipinski definition) is 0. The van der Waals surface area contributed by atoms with E-state index in [-0.39, 0.29) is 0 Å². The predicted molar refractivity (Wildman–Crippen MR) is 60.6 cm³/mol. The minimum Gasteiger partial charge on any atom is -0.120 e. The Balaban J connectivity index is 3.36. The lowest BCUT2D eigenvalue weighted by molar-refractivity contribution is 0.494. The quantitative estimate of drug-likeness (QED) is 0.384. The van der Waals surface area contributed by atoms with Crippen LogP contribution in [-0.2, 0) is 0 Å². The van der Waals surface area contributed by atoms with E-state index >= 15 is 0 Å². The molecule has 0 saturated carbocycles. The second kappa shape index (κ2) is 9.65. The lowest BCUT2D eigenvalue weighted by atomic mass is 9.96. The van der Waals surface area contributed by atoms with Crippen molar-refractivity contribution in [2.45, 2.75) is 65.2 Å². The van der Waals surface area contributed by atoms with Crippen LogP contribution in [0.1, 0.15) is 65.2 Å². The number of rotatable bonds is 8. The summed E-state index contributed by atoms with van der Waals surface area (Å²) >= 11 is 0. The van der Waals surface area contributed by atoms with E-state index in [1.165, 1.54) is 51.4 Å². The molecule has 76 valence electrons. The highest BCUT2D eigenvalue weighted by molar-refractivity contribution is 4.92. The molecule has 13 heavy (non-hydrogen) atoms. The molecule has 0 fully saturated rings. The zero-order chi connectivity index (χ0) is 9.94. The first-order valence-corrected chi connectivity index (χ1v) is 5.81. The average Bonchev–Trinajstić information content (AvgIpc) is 2.16. The molecule has 0 rings (SSSR count). The molecule has 0 nitrogen and oxygen atoms in total. The van der Waals surface area contributed by atoms with Crippen LogP contribution in [0.3, 0.4) is 0 Å². The molecule has 0 amide bonds. The molecule has 0 unspecified atom stereocenters. The van der Waals surface area contributed by atoms with Gasteiger partial charge in [0, 0.05) is 5.92 Å². The fourth-order valence-corrected chi connectivity index (χ4v) is 1.59. The zero-order valence-corrected chi connectivity index (χ0v) is 9.31. The van der Waals surface area contributed by atoms with Gasteiger partial charge in [0.05, 0.1) is 0 Å². The Labute approximate surface area is 84.1 Å². The first kappa shape index (κ1) is 12.6. The summed E-state index contributed by atoms with van der Waals surface area (Å²) in [5.41, 5.74) is 0. The molecule has 0 aliphatic carbocycles. The van der Waals surface area contributed by atoms with Crippen molar-refractivity contribution in [3.8, 4) is 12.3 Å². The lowest BCUT2D eigenvalue weighted by Gasteiger charge is -2.09. The molecule has 0 N–H and O–H groups in total. The Morgan fingerprint density at radius 1 is 0.923 bits per heavy atom. The summed E-state index contributed by atoms with van der Waals surface area (Å²) in [6, 6.07) is 0. The van der Waals surface area contributed by atoms with Gasteiger partial charge in [-0.1, -0.05) is 52.4 Å². The Hall–Kier alpha value is -0.440. The highest BCUT2D eigenvalue weighted by Gasteiger charge is 2.03. The van der Waals surface area contributed by atoms with Crippen molar-refractivity contribution in [3.05, 3.63) is 0 Å². The maximum absolute atomic E-state index is 5.49. The van der Waals surface area contributed by atoms with Crippen molar-refractivity contribution in [2.24, 2.45) is 5.92 Å². The molecule has 0 atom stereocenters. The SMILES string of the molecule is C#CC(CCCCC)CCCCC. The first-order valence-electron chi connectivity index (χ1n) is 5.81. The minimum atomic E-state index is 0.554. The van der Waals surface area contributed by atoms with Gasteiger partial charge in [0.15, 0.2) is 0 Å². The van der Waals surface area contributed by atoms with Crippen LogP contribution in [0.25, 0.3) is 0 Å². The first-order chi connectivity index (χ1) is 6.35. The third-order valence-electron chi connectivity index (χ3n) is 2.55. The van der Waals surface area contributed by atoms with Gasteiger partial charge in [-0.3, -0.25) is 0 Å². The van der Waals surface area contributed by atoms with Gasteiger partial charge in [-0.2, -0.15) is 0 Å². The summed E-state index contributed by atoms with van der Waals surface area (Å²) in [5, 5.41) is 0. The van der Waals surface area contributed by atoms with Crippen LogP contribution < -0.4 is 0 Å². The third-order valence-corrected chi connectivity index (χ3v) is 2.55. The standard InChI is InChI=1S/C13H24/c1-4-7-9-11-13(6-3)12-10-8-5-2/h3,13H,4-5,7-12H2,1-2H3. The number of terminal acetylenes is 1. The summed E-state index contributed by atoms with van der Waals surface area (Å²) in [6.45, 7) is 4.48. The smallest absolute Gasteiger partial charge is 0.0200 e. The Morgan fingerprint density at radius 2 is 1.38 bits per heavy atom. The van der Waals surface area contributed by atoms with E-state index < -0.39 is 0 Å². The second-order valence-electron chi connectivity index (χ2n) is 3.86. The summed E-state index contributed by atoms with van der Waals surface area (Å²) < 4.78 is 0. The van der Waals surface area contributed by atoms with Crippen molar-refractivity contribution in [1.82, 2.24) is 0 Å². The van der Waals surface area contributed by atoms with Crippen LogP contribution in [0.15, 0.2) is 0 Å². The van der Waals surface area contributed by atoms with Gasteiger partial charge in [-0.15, -0.1) is 12.3 Å². The second-order valence-corrected chi connectivity index (χ2v) is 3.86. The van der Waals surface area contributed by atoms with Gasteiger partial charge in [-0.25, -0.2) is 0 Å². The van der Waals surface area contributed by atoms with E-state index in [1.54, 1.807) is 0 Å². The molecule has 0 bridgehead atoms. The van der Waals surface area contributed by atoms with Crippen molar-refractivity contribution in [2.75, 3.05) is 0 Å². The molecular weight excluding hydrogens is 156 g/mol. The van der Waals surface area contributed by atoms with E-state index in [0.29, 0.717) is 5.92 Å². The molecule has 0 aliphatic heterocycles. The Morgan fingerprint density at radius 3 is 1.69 bits per heavy atom. The van der Waals surface area contributed by atoms with Crippen LogP contribution in [0.2, 0.25) is 0 Å². The Kier molecular flexibility index (Phi) is 9.32. The van der Waals surface area contributed by atoms with Crippen LogP contribution in [0.5, 0.6) is 0 Å². The van der Waals surface area contributed by atoms with Crippen molar-refractivity contribution in [1.29, 1.82) is 0 Å². The molecule has 0 aromatic heterocycles. The van der Waals surface area contributed by atoms with Gasteiger partial charge in [0.25, 0.3) is 0 Å². The topological polar surface area (TPSA) is 0 Å². The molecule has 0 heterocycles. The maximum atomic E-state index is 5.49. The van der Waals surface area contributed by atoms with Gasteiger partial charge in [0.1, 0.15) is 0 Å². The van der Waals surface area contributed by atoms with E-state index in [9.17, 15) is 0 Å². The van der Waals surface area contributed by atoms with Crippen molar-refractivity contribution in [3.63, 3.8) is 0 Å². The van der Waals surface area contributed by atoms with Crippen LogP contribution >= 0.6 is 0 Å². The van der Waals surface area contributed by atoms with Crippen LogP contribution in [0.4, 0.5) is 0 Å². The van der Waals surface area contributed by atoms with E-state index in [1.807, 2.05) is 0 Å². The largest absolute Gasteiger partial charge is 0.120 e. The van der Waals surface area contributed by atoms with Gasteiger partial charge < -0.3 is 0 Å². The van der Waals surface area contributed by atoms with Crippen LogP contribution in [-0.4, -0.2) is 0 Å². The summed E-state index contributed by atoms with van der Waals surface area (Å²) in [6.07, 6.45) is 15.9. The van der Waals surface area contributed by atoms with Gasteiger partial charge >= 0.3 is 0 Å². The maximum Gasteiger partial charge on any atom is 0.0200 e. The molecular formula is C13H24. The van der Waals surface area contributed by atoms with E-state index in [2.05, 4.69) is 19.8 Å². The third kappa shape index (κ3) is 7.91. The molecule has 0 saturated heterocycles. The zero-order valence-electron chi connectivity index (χ0n) is 9.31. The minimum absolute atomic E-state index is 0.554. The molecule has 0 spiro atoms. The number of hydrogen-bond donors (Lipinski definition) is 0. The predicted octanol–water partition coefficient (Wildman–Crippen LogP) is 4.40. The molecule has 0 heteroatoms. The highest BCUT2D eigenvalue weighted by Crippen LogP contribution is 2.16. The van der Waals surface area contributed by atoms with Crippen LogP contribution in [0, 0.1) is 18.3 Å². The normalized spacial score (nSPS) is 10.3. The molecule has 0 aliphatic rings. The lowest BCUT2D eigenvalue weighted by Crippen LogP contribution is -1.97. The van der Waals surface area contributed by atoms with Crippen molar-refractivity contribution >= 4 is 0 Å². The fourth-order valence-electron chi connectivity index (χ4n) is 1.59. The van der Waals surface area contributed by atoms with Gasteiger partial charge in [-0.05, 0) is 12.8 Å². The number of unbranched alkanes of at least 4 members (excludes halogenated alkanes) is 4. The summed E-state index contributed by atoms with van der Waals surface area (Å²) in [7, 11) is 0. The monoisotopic (exact) mass is 180 g/mol. The molecule has 0 radical (unpaired) electrons. The fraction of sp³-hybridized carbons (Fsp3) is 0.846. The molecule has 0 aromatic carbocycles. The summed E-state index contributed by atoms with van der Waals surface area (Å²) in [5.74, 6) is 3.47. The Bertz CT molecular complexity index is 119. The summed E-state index contributed by atoms with van der Waals surface area (Å²) in [4.78, 5) is 0. The highest BCUT2D eigenvalue weighted by atomic mass is 14.1. The van der Waals surface area contributed by atoms with Gasteiger partial charge in [0.2, 0.25) is 0 Å².